The van der Waals surface area contributed by atoms with Crippen molar-refractivity contribution in [1.29, 1.82) is 0 Å². The first-order valence-corrected chi connectivity index (χ1v) is 5.87. The van der Waals surface area contributed by atoms with E-state index in [1.165, 1.54) is 18.2 Å². The Hall–Kier alpha value is -2.15. The topological polar surface area (TPSA) is 35.2 Å². The third-order valence-electron chi connectivity index (χ3n) is 2.78. The third-order valence-corrected chi connectivity index (χ3v) is 2.78. The minimum atomic E-state index is -1.67. The summed E-state index contributed by atoms with van der Waals surface area (Å²) in [5.74, 6) is -8.38. The van der Waals surface area contributed by atoms with Gasteiger partial charge in [-0.15, -0.1) is 0 Å². The Morgan fingerprint density at radius 3 is 2.05 bits per heavy atom. The molecule has 2 aromatic carbocycles. The fourth-order valence-corrected chi connectivity index (χ4v) is 1.72. The van der Waals surface area contributed by atoms with Gasteiger partial charge in [-0.1, -0.05) is 18.2 Å². The first kappa shape index (κ1) is 15.2. The maximum Gasteiger partial charge on any atom is 0.203 e. The maximum absolute atomic E-state index is 13.4. The smallest absolute Gasteiger partial charge is 0.203 e. The molecular formula is C14H10F5NO. The van der Waals surface area contributed by atoms with E-state index >= 15 is 0 Å². The van der Waals surface area contributed by atoms with Crippen molar-refractivity contribution < 1.29 is 26.7 Å². The standard InChI is InChI=1S/C14H10F5NO/c15-8-4-2-1-3-7(8)11(20)6-21-14-12(18)9(16)5-10(17)13(14)19/h1-5,11H,6,20H2. The molecule has 1 unspecified atom stereocenters. The van der Waals surface area contributed by atoms with E-state index in [-0.39, 0.29) is 11.6 Å². The summed E-state index contributed by atoms with van der Waals surface area (Å²) in [6.45, 7) is -0.558. The zero-order chi connectivity index (χ0) is 15.6. The predicted molar refractivity (Wildman–Crippen MR) is 65.1 cm³/mol. The molecule has 2 aromatic rings. The van der Waals surface area contributed by atoms with Gasteiger partial charge in [-0.2, -0.15) is 8.78 Å². The normalized spacial score (nSPS) is 12.3. The zero-order valence-corrected chi connectivity index (χ0v) is 10.5. The van der Waals surface area contributed by atoms with Gasteiger partial charge in [-0.05, 0) is 6.07 Å². The highest BCUT2D eigenvalue weighted by Gasteiger charge is 2.22. The summed E-state index contributed by atoms with van der Waals surface area (Å²) < 4.78 is 70.8. The van der Waals surface area contributed by atoms with Gasteiger partial charge >= 0.3 is 0 Å². The molecule has 0 fully saturated rings. The van der Waals surface area contributed by atoms with Gasteiger partial charge in [0.05, 0.1) is 6.04 Å². The number of hydrogen-bond acceptors (Lipinski definition) is 2. The van der Waals surface area contributed by atoms with Gasteiger partial charge in [0.15, 0.2) is 17.4 Å². The van der Waals surface area contributed by atoms with Crippen LogP contribution < -0.4 is 10.5 Å². The lowest BCUT2D eigenvalue weighted by atomic mass is 10.1. The highest BCUT2D eigenvalue weighted by atomic mass is 19.2. The van der Waals surface area contributed by atoms with Crippen LogP contribution in [0.1, 0.15) is 11.6 Å². The number of rotatable bonds is 4. The summed E-state index contributed by atoms with van der Waals surface area (Å²) in [4.78, 5) is 0. The van der Waals surface area contributed by atoms with E-state index in [4.69, 9.17) is 5.73 Å². The number of halogens is 5. The first-order chi connectivity index (χ1) is 9.91. The van der Waals surface area contributed by atoms with Gasteiger partial charge in [-0.25, -0.2) is 13.2 Å². The fraction of sp³-hybridized carbons (Fsp3) is 0.143. The van der Waals surface area contributed by atoms with Crippen molar-refractivity contribution in [2.75, 3.05) is 6.61 Å². The van der Waals surface area contributed by atoms with Gasteiger partial charge in [0.2, 0.25) is 11.6 Å². The van der Waals surface area contributed by atoms with Crippen LogP contribution in [-0.2, 0) is 0 Å². The Balaban J connectivity index is 2.19. The molecule has 0 heterocycles. The number of nitrogens with two attached hydrogens (primary N) is 1. The maximum atomic E-state index is 13.4. The van der Waals surface area contributed by atoms with Crippen molar-refractivity contribution in [3.8, 4) is 5.75 Å². The van der Waals surface area contributed by atoms with Crippen LogP contribution in [0.25, 0.3) is 0 Å². The summed E-state index contributed by atoms with van der Waals surface area (Å²) in [6, 6.07) is 4.47. The lowest BCUT2D eigenvalue weighted by Crippen LogP contribution is -2.21. The van der Waals surface area contributed by atoms with E-state index in [0.29, 0.717) is 0 Å². The second-order valence-corrected chi connectivity index (χ2v) is 4.24. The monoisotopic (exact) mass is 303 g/mol. The fourth-order valence-electron chi connectivity index (χ4n) is 1.72. The molecule has 1 atom stereocenters. The molecule has 0 saturated carbocycles. The van der Waals surface area contributed by atoms with Crippen molar-refractivity contribution in [3.63, 3.8) is 0 Å². The minimum absolute atomic E-state index is 0.0511. The molecule has 0 amide bonds. The van der Waals surface area contributed by atoms with E-state index in [2.05, 4.69) is 4.74 Å². The van der Waals surface area contributed by atoms with E-state index in [9.17, 15) is 22.0 Å². The van der Waals surface area contributed by atoms with Gasteiger partial charge in [0, 0.05) is 11.6 Å². The number of hydrogen-bond donors (Lipinski definition) is 1. The van der Waals surface area contributed by atoms with Crippen molar-refractivity contribution in [3.05, 3.63) is 65.0 Å². The minimum Gasteiger partial charge on any atom is -0.485 e. The van der Waals surface area contributed by atoms with Crippen LogP contribution in [-0.4, -0.2) is 6.61 Å². The Labute approximate surface area is 116 Å². The summed E-state index contributed by atoms with van der Waals surface area (Å²) in [6.07, 6.45) is 0. The highest BCUT2D eigenvalue weighted by molar-refractivity contribution is 5.29. The van der Waals surface area contributed by atoms with E-state index in [1.54, 1.807) is 0 Å². The molecule has 2 rings (SSSR count). The Morgan fingerprint density at radius 1 is 0.905 bits per heavy atom. The molecule has 2 nitrogen and oxygen atoms in total. The Bertz CT molecular complexity index is 636. The average molecular weight is 303 g/mol. The molecule has 0 aromatic heterocycles. The molecule has 7 heteroatoms. The van der Waals surface area contributed by atoms with Crippen LogP contribution in [0.5, 0.6) is 5.75 Å². The van der Waals surface area contributed by atoms with Crippen molar-refractivity contribution in [2.24, 2.45) is 5.73 Å². The van der Waals surface area contributed by atoms with Crippen LogP contribution in [0.15, 0.2) is 30.3 Å². The van der Waals surface area contributed by atoms with Crippen LogP contribution in [0.2, 0.25) is 0 Å². The molecule has 112 valence electrons. The Kier molecular flexibility index (Phi) is 4.42. The summed E-state index contributed by atoms with van der Waals surface area (Å²) in [7, 11) is 0. The molecule has 0 radical (unpaired) electrons. The van der Waals surface area contributed by atoms with Crippen LogP contribution in [0.3, 0.4) is 0 Å². The first-order valence-electron chi connectivity index (χ1n) is 5.87. The molecule has 2 N–H and O–H groups in total. The summed E-state index contributed by atoms with van der Waals surface area (Å²) in [5.41, 5.74) is 5.67. The SMILES string of the molecule is NC(COc1c(F)c(F)cc(F)c1F)c1ccccc1F. The number of ether oxygens (including phenoxy) is 1. The van der Waals surface area contributed by atoms with E-state index in [0.717, 1.165) is 6.07 Å². The van der Waals surface area contributed by atoms with Crippen molar-refractivity contribution >= 4 is 0 Å². The summed E-state index contributed by atoms with van der Waals surface area (Å²) in [5, 5.41) is 0. The van der Waals surface area contributed by atoms with Crippen molar-refractivity contribution in [1.82, 2.24) is 0 Å². The van der Waals surface area contributed by atoms with E-state index < -0.39 is 47.5 Å². The number of benzene rings is 2. The second-order valence-electron chi connectivity index (χ2n) is 4.24. The van der Waals surface area contributed by atoms with Gasteiger partial charge < -0.3 is 10.5 Å². The average Bonchev–Trinajstić information content (AvgIpc) is 2.45. The van der Waals surface area contributed by atoms with Gasteiger partial charge in [-0.3, -0.25) is 0 Å². The van der Waals surface area contributed by atoms with Crippen LogP contribution >= 0.6 is 0 Å². The molecule has 0 bridgehead atoms. The lowest BCUT2D eigenvalue weighted by Gasteiger charge is -2.15. The molecule has 0 saturated heterocycles. The molecule has 0 aliphatic rings. The largest absolute Gasteiger partial charge is 0.485 e. The summed E-state index contributed by atoms with van der Waals surface area (Å²) >= 11 is 0. The van der Waals surface area contributed by atoms with Gasteiger partial charge in [0.1, 0.15) is 12.4 Å². The third kappa shape index (κ3) is 3.13. The molecule has 0 spiro atoms. The van der Waals surface area contributed by atoms with E-state index in [1.807, 2.05) is 0 Å². The quantitative estimate of drug-likeness (QED) is 0.693. The second kappa shape index (κ2) is 6.09. The molecule has 0 aliphatic heterocycles. The van der Waals surface area contributed by atoms with Crippen molar-refractivity contribution in [2.45, 2.75) is 6.04 Å². The lowest BCUT2D eigenvalue weighted by molar-refractivity contribution is 0.251. The van der Waals surface area contributed by atoms with Gasteiger partial charge in [0.25, 0.3) is 0 Å². The predicted octanol–water partition coefficient (Wildman–Crippen LogP) is 3.46. The Morgan fingerprint density at radius 2 is 1.48 bits per heavy atom. The highest BCUT2D eigenvalue weighted by Crippen LogP contribution is 2.27. The molecule has 21 heavy (non-hydrogen) atoms. The van der Waals surface area contributed by atoms with Crippen LogP contribution in [0.4, 0.5) is 22.0 Å². The zero-order valence-electron chi connectivity index (χ0n) is 10.5. The van der Waals surface area contributed by atoms with Crippen LogP contribution in [0, 0.1) is 29.1 Å². The molecule has 0 aliphatic carbocycles. The molecular weight excluding hydrogens is 293 g/mol.